The molecule has 0 saturated carbocycles. The Hall–Kier alpha value is -3.85. The molecule has 9 heteroatoms. The highest BCUT2D eigenvalue weighted by Crippen LogP contribution is 2.19. The summed E-state index contributed by atoms with van der Waals surface area (Å²) in [5.41, 5.74) is 8.69. The molecule has 0 unspecified atom stereocenters. The average molecular weight is 452 g/mol. The van der Waals surface area contributed by atoms with Gasteiger partial charge in [-0.2, -0.15) is 0 Å². The van der Waals surface area contributed by atoms with Crippen molar-refractivity contribution < 1.29 is 9.53 Å². The zero-order valence-electron chi connectivity index (χ0n) is 19.1. The summed E-state index contributed by atoms with van der Waals surface area (Å²) in [6.07, 6.45) is 0. The van der Waals surface area contributed by atoms with Crippen molar-refractivity contribution in [2.24, 2.45) is 0 Å². The van der Waals surface area contributed by atoms with E-state index < -0.39 is 11.2 Å². The number of hydrogen-bond donors (Lipinski definition) is 3. The number of nitrogens with two attached hydrogens (primary N) is 1. The van der Waals surface area contributed by atoms with Gasteiger partial charge >= 0.3 is 5.69 Å². The Labute approximate surface area is 191 Å². The smallest absolute Gasteiger partial charge is 0.330 e. The van der Waals surface area contributed by atoms with Crippen molar-refractivity contribution in [2.45, 2.75) is 20.4 Å². The third kappa shape index (κ3) is 5.69. The summed E-state index contributed by atoms with van der Waals surface area (Å²) in [5.74, 6) is -0.462. The van der Waals surface area contributed by atoms with E-state index in [1.54, 1.807) is 0 Å². The molecule has 0 aliphatic carbocycles. The molecular weight excluding hydrogens is 422 g/mol. The minimum Gasteiger partial charge on any atom is -0.383 e. The topological polar surface area (TPSA) is 122 Å². The first-order valence-corrected chi connectivity index (χ1v) is 10.6. The number of benzene rings is 2. The highest BCUT2D eigenvalue weighted by Gasteiger charge is 2.24. The predicted molar refractivity (Wildman–Crippen MR) is 130 cm³/mol. The fraction of sp³-hybridized carbons (Fsp3) is 0.292. The third-order valence-corrected chi connectivity index (χ3v) is 5.44. The van der Waals surface area contributed by atoms with Gasteiger partial charge in [0, 0.05) is 19.3 Å². The van der Waals surface area contributed by atoms with Gasteiger partial charge in [0.2, 0.25) is 5.91 Å². The quantitative estimate of drug-likeness (QED) is 0.457. The lowest BCUT2D eigenvalue weighted by molar-refractivity contribution is -0.117. The lowest BCUT2D eigenvalue weighted by Gasteiger charge is -2.24. The number of hydrogen-bond acceptors (Lipinski definition) is 6. The number of carbonyl (C=O) groups is 1. The molecule has 0 atom stereocenters. The molecule has 0 aliphatic rings. The standard InChI is InChI=1S/C24H29N5O4/c1-16-9-10-19(13-17(16)2)26-14-20(30)28(11-12-33-3)21-22(25)29(24(32)27-23(21)31)15-18-7-5-4-6-8-18/h4-10,13,26H,11-12,14-15,25H2,1-3H3,(H,27,31,32). The molecule has 1 aromatic heterocycles. The van der Waals surface area contributed by atoms with E-state index in [9.17, 15) is 14.4 Å². The average Bonchev–Trinajstić information content (AvgIpc) is 2.80. The van der Waals surface area contributed by atoms with Gasteiger partial charge in [-0.25, -0.2) is 4.79 Å². The molecule has 0 fully saturated rings. The van der Waals surface area contributed by atoms with Gasteiger partial charge in [0.1, 0.15) is 5.82 Å². The summed E-state index contributed by atoms with van der Waals surface area (Å²) in [5, 5.41) is 3.09. The van der Waals surface area contributed by atoms with Gasteiger partial charge < -0.3 is 20.7 Å². The van der Waals surface area contributed by atoms with Crippen LogP contribution in [0.15, 0.2) is 58.1 Å². The van der Waals surface area contributed by atoms with E-state index >= 15 is 0 Å². The number of aryl methyl sites for hydroxylation is 2. The van der Waals surface area contributed by atoms with Gasteiger partial charge in [0.25, 0.3) is 5.56 Å². The SMILES string of the molecule is COCCN(C(=O)CNc1ccc(C)c(C)c1)c1c(N)n(Cc2ccccc2)c(=O)[nH]c1=O. The molecule has 0 saturated heterocycles. The molecule has 3 aromatic rings. The monoisotopic (exact) mass is 451 g/mol. The Kier molecular flexibility index (Phi) is 7.68. The Balaban J connectivity index is 1.92. The van der Waals surface area contributed by atoms with Crippen molar-refractivity contribution in [3.63, 3.8) is 0 Å². The van der Waals surface area contributed by atoms with Crippen molar-refractivity contribution in [1.29, 1.82) is 0 Å². The Morgan fingerprint density at radius 3 is 2.52 bits per heavy atom. The Morgan fingerprint density at radius 2 is 1.85 bits per heavy atom. The number of aromatic nitrogens is 2. The maximum Gasteiger partial charge on any atom is 0.330 e. The number of carbonyl (C=O) groups excluding carboxylic acids is 1. The number of nitrogens with zero attached hydrogens (tertiary/aromatic N) is 2. The van der Waals surface area contributed by atoms with E-state index in [-0.39, 0.29) is 43.7 Å². The fourth-order valence-electron chi connectivity index (χ4n) is 3.43. The summed E-state index contributed by atoms with van der Waals surface area (Å²) in [6, 6.07) is 15.0. The first kappa shape index (κ1) is 23.8. The molecule has 0 radical (unpaired) electrons. The summed E-state index contributed by atoms with van der Waals surface area (Å²) in [4.78, 5) is 41.9. The first-order valence-electron chi connectivity index (χ1n) is 10.6. The maximum absolute atomic E-state index is 13.1. The number of ether oxygens (including phenoxy) is 1. The van der Waals surface area contributed by atoms with Gasteiger partial charge in [-0.3, -0.25) is 19.1 Å². The van der Waals surface area contributed by atoms with E-state index in [0.717, 1.165) is 22.4 Å². The largest absolute Gasteiger partial charge is 0.383 e. The molecule has 3 rings (SSSR count). The van der Waals surface area contributed by atoms with Crippen molar-refractivity contribution in [3.05, 3.63) is 86.1 Å². The Morgan fingerprint density at radius 1 is 1.12 bits per heavy atom. The third-order valence-electron chi connectivity index (χ3n) is 5.44. The Bertz CT molecular complexity index is 1230. The molecule has 0 spiro atoms. The highest BCUT2D eigenvalue weighted by atomic mass is 16.5. The first-order chi connectivity index (χ1) is 15.8. The molecule has 0 bridgehead atoms. The highest BCUT2D eigenvalue weighted by molar-refractivity contribution is 5.98. The maximum atomic E-state index is 13.1. The molecular formula is C24H29N5O4. The molecule has 1 amide bonds. The number of nitrogens with one attached hydrogen (secondary N) is 2. The zero-order valence-corrected chi connectivity index (χ0v) is 19.1. The van der Waals surface area contributed by atoms with Gasteiger partial charge in [-0.1, -0.05) is 36.4 Å². The second-order valence-electron chi connectivity index (χ2n) is 7.76. The van der Waals surface area contributed by atoms with Crippen LogP contribution in [0.1, 0.15) is 16.7 Å². The van der Waals surface area contributed by atoms with Crippen LogP contribution < -0.4 is 27.2 Å². The summed E-state index contributed by atoms with van der Waals surface area (Å²) in [7, 11) is 1.50. The minimum atomic E-state index is -0.725. The molecule has 33 heavy (non-hydrogen) atoms. The molecule has 1 heterocycles. The van der Waals surface area contributed by atoms with E-state index in [4.69, 9.17) is 10.5 Å². The van der Waals surface area contributed by atoms with Crippen LogP contribution in [-0.4, -0.2) is 42.3 Å². The van der Waals surface area contributed by atoms with E-state index in [0.29, 0.717) is 0 Å². The van der Waals surface area contributed by atoms with Gasteiger partial charge in [0.15, 0.2) is 5.69 Å². The minimum absolute atomic E-state index is 0.0666. The molecule has 174 valence electrons. The lowest BCUT2D eigenvalue weighted by atomic mass is 10.1. The lowest BCUT2D eigenvalue weighted by Crippen LogP contribution is -2.44. The van der Waals surface area contributed by atoms with Crippen molar-refractivity contribution in [2.75, 3.05) is 42.8 Å². The number of nitrogen functional groups attached to an aromatic ring is 1. The fourth-order valence-corrected chi connectivity index (χ4v) is 3.43. The van der Waals surface area contributed by atoms with E-state index in [1.165, 1.54) is 16.6 Å². The summed E-state index contributed by atoms with van der Waals surface area (Å²) < 4.78 is 6.38. The van der Waals surface area contributed by atoms with Crippen molar-refractivity contribution in [1.82, 2.24) is 9.55 Å². The van der Waals surface area contributed by atoms with Gasteiger partial charge in [0.05, 0.1) is 19.7 Å². The number of amides is 1. The number of anilines is 3. The van der Waals surface area contributed by atoms with E-state index in [2.05, 4.69) is 10.3 Å². The normalized spacial score (nSPS) is 10.8. The van der Waals surface area contributed by atoms with Crippen LogP contribution in [0, 0.1) is 13.8 Å². The molecule has 9 nitrogen and oxygen atoms in total. The van der Waals surface area contributed by atoms with Crippen LogP contribution in [0.5, 0.6) is 0 Å². The number of aromatic amines is 1. The number of methoxy groups -OCH3 is 1. The van der Waals surface area contributed by atoms with Crippen LogP contribution >= 0.6 is 0 Å². The van der Waals surface area contributed by atoms with Crippen LogP contribution in [0.3, 0.4) is 0 Å². The van der Waals surface area contributed by atoms with E-state index in [1.807, 2.05) is 62.4 Å². The predicted octanol–water partition coefficient (Wildman–Crippen LogP) is 1.88. The summed E-state index contributed by atoms with van der Waals surface area (Å²) in [6.45, 7) is 4.37. The number of rotatable bonds is 9. The van der Waals surface area contributed by atoms with Gasteiger partial charge in [-0.05, 0) is 42.7 Å². The molecule has 2 aromatic carbocycles. The van der Waals surface area contributed by atoms with Crippen LogP contribution in [0.25, 0.3) is 0 Å². The van der Waals surface area contributed by atoms with Crippen molar-refractivity contribution in [3.8, 4) is 0 Å². The van der Waals surface area contributed by atoms with Crippen LogP contribution in [-0.2, 0) is 16.1 Å². The van der Waals surface area contributed by atoms with Crippen molar-refractivity contribution >= 4 is 23.1 Å². The van der Waals surface area contributed by atoms with Gasteiger partial charge in [-0.15, -0.1) is 0 Å². The second-order valence-corrected chi connectivity index (χ2v) is 7.76. The molecule has 4 N–H and O–H groups in total. The zero-order chi connectivity index (χ0) is 24.0. The second kappa shape index (κ2) is 10.6. The summed E-state index contributed by atoms with van der Waals surface area (Å²) >= 11 is 0. The number of H-pyrrole nitrogens is 1. The molecule has 0 aliphatic heterocycles. The van der Waals surface area contributed by atoms with Crippen LogP contribution in [0.2, 0.25) is 0 Å². The van der Waals surface area contributed by atoms with Crippen LogP contribution in [0.4, 0.5) is 17.2 Å².